The van der Waals surface area contributed by atoms with Gasteiger partial charge in [0.15, 0.2) is 6.61 Å². The molecule has 0 radical (unpaired) electrons. The molecule has 9 heteroatoms. The van der Waals surface area contributed by atoms with E-state index >= 15 is 0 Å². The number of rotatable bonds is 8. The van der Waals surface area contributed by atoms with Crippen LogP contribution in [0.1, 0.15) is 37.6 Å². The van der Waals surface area contributed by atoms with E-state index in [-0.39, 0.29) is 24.0 Å². The average Bonchev–Trinajstić information content (AvgIpc) is 2.88. The van der Waals surface area contributed by atoms with Crippen LogP contribution in [0.25, 0.3) is 10.9 Å². The van der Waals surface area contributed by atoms with Gasteiger partial charge in [0.1, 0.15) is 11.6 Å². The van der Waals surface area contributed by atoms with Crippen LogP contribution in [-0.4, -0.2) is 28.4 Å². The second kappa shape index (κ2) is 11.5. The topological polar surface area (TPSA) is 85.6 Å². The highest BCUT2D eigenvalue weighted by molar-refractivity contribution is 9.10. The van der Waals surface area contributed by atoms with E-state index in [2.05, 4.69) is 26.3 Å². The minimum atomic E-state index is -0.282. The van der Waals surface area contributed by atoms with Gasteiger partial charge in [-0.1, -0.05) is 41.4 Å². The van der Waals surface area contributed by atoms with Gasteiger partial charge in [-0.15, -0.1) is 0 Å². The first-order valence-electron chi connectivity index (χ1n) is 11.4. The number of carbonyl (C=O) groups is 1. The fourth-order valence-electron chi connectivity index (χ4n) is 3.43. The SMILES string of the molecule is CC[C@@H](C)c1nc2ccc(Br)cc2c(=O)n1N=Cc1ccc(OCC(=O)Nc2ccc(Cl)cc2)cc1. The standard InChI is InChI=1S/C27H24BrClN4O3/c1-3-17(2)26-32-24-13-6-19(28)14-23(24)27(35)33(26)30-15-18-4-11-22(12-5-18)36-16-25(34)31-21-9-7-20(29)8-10-21/h4-15,17H,3,16H2,1-2H3,(H,31,34)/t17-/m1/s1. The van der Waals surface area contributed by atoms with E-state index in [0.29, 0.717) is 33.2 Å². The molecule has 1 aromatic heterocycles. The van der Waals surface area contributed by atoms with Crippen molar-refractivity contribution in [1.29, 1.82) is 0 Å². The van der Waals surface area contributed by atoms with E-state index in [0.717, 1.165) is 16.5 Å². The summed E-state index contributed by atoms with van der Waals surface area (Å²) >= 11 is 9.27. The van der Waals surface area contributed by atoms with Crippen LogP contribution >= 0.6 is 27.5 Å². The summed E-state index contributed by atoms with van der Waals surface area (Å²) in [7, 11) is 0. The van der Waals surface area contributed by atoms with E-state index in [4.69, 9.17) is 21.3 Å². The van der Waals surface area contributed by atoms with Gasteiger partial charge in [-0.3, -0.25) is 9.59 Å². The molecule has 184 valence electrons. The summed E-state index contributed by atoms with van der Waals surface area (Å²) in [6, 6.07) is 19.4. The molecule has 0 saturated carbocycles. The summed E-state index contributed by atoms with van der Waals surface area (Å²) in [5.74, 6) is 0.918. The first-order chi connectivity index (χ1) is 17.3. The molecule has 3 aromatic carbocycles. The Balaban J connectivity index is 1.48. The maximum absolute atomic E-state index is 13.2. The number of hydrogen-bond acceptors (Lipinski definition) is 5. The van der Waals surface area contributed by atoms with Crippen LogP contribution < -0.4 is 15.6 Å². The van der Waals surface area contributed by atoms with Crippen molar-refractivity contribution in [2.75, 3.05) is 11.9 Å². The fourth-order valence-corrected chi connectivity index (χ4v) is 3.92. The van der Waals surface area contributed by atoms with Crippen LogP contribution in [0.3, 0.4) is 0 Å². The third-order valence-corrected chi connectivity index (χ3v) is 6.33. The predicted octanol–water partition coefficient (Wildman–Crippen LogP) is 6.23. The van der Waals surface area contributed by atoms with Gasteiger partial charge in [0.05, 0.1) is 17.1 Å². The van der Waals surface area contributed by atoms with Crippen molar-refractivity contribution in [3.63, 3.8) is 0 Å². The number of halogens is 2. The quantitative estimate of drug-likeness (QED) is 0.256. The van der Waals surface area contributed by atoms with Crippen molar-refractivity contribution < 1.29 is 9.53 Å². The molecule has 1 N–H and O–H groups in total. The van der Waals surface area contributed by atoms with Gasteiger partial charge in [0.25, 0.3) is 11.5 Å². The summed E-state index contributed by atoms with van der Waals surface area (Å²) < 4.78 is 7.75. The molecule has 1 amide bonds. The van der Waals surface area contributed by atoms with Gasteiger partial charge in [0.2, 0.25) is 0 Å². The van der Waals surface area contributed by atoms with E-state index in [1.54, 1.807) is 60.8 Å². The van der Waals surface area contributed by atoms with E-state index in [1.165, 1.54) is 4.68 Å². The molecule has 0 unspecified atom stereocenters. The van der Waals surface area contributed by atoms with Gasteiger partial charge < -0.3 is 10.1 Å². The van der Waals surface area contributed by atoms with Crippen LogP contribution in [0, 0.1) is 0 Å². The van der Waals surface area contributed by atoms with Crippen molar-refractivity contribution in [2.24, 2.45) is 5.10 Å². The van der Waals surface area contributed by atoms with Gasteiger partial charge in [-0.2, -0.15) is 9.78 Å². The Morgan fingerprint density at radius 1 is 1.17 bits per heavy atom. The molecule has 0 aliphatic rings. The molecule has 0 saturated heterocycles. The van der Waals surface area contributed by atoms with Crippen LogP contribution in [-0.2, 0) is 4.79 Å². The number of benzene rings is 3. The Hall–Kier alpha value is -3.49. The molecule has 4 rings (SSSR count). The summed E-state index contributed by atoms with van der Waals surface area (Å²) in [6.07, 6.45) is 2.43. The minimum Gasteiger partial charge on any atom is -0.484 e. The fraction of sp³-hybridized carbons (Fsp3) is 0.185. The number of aromatic nitrogens is 2. The maximum Gasteiger partial charge on any atom is 0.282 e. The molecule has 0 fully saturated rings. The lowest BCUT2D eigenvalue weighted by Gasteiger charge is -2.14. The number of carbonyl (C=O) groups excluding carboxylic acids is 1. The Labute approximate surface area is 221 Å². The molecule has 1 heterocycles. The molecule has 0 aliphatic carbocycles. The molecule has 36 heavy (non-hydrogen) atoms. The lowest BCUT2D eigenvalue weighted by molar-refractivity contribution is -0.118. The lowest BCUT2D eigenvalue weighted by Crippen LogP contribution is -2.23. The first-order valence-corrected chi connectivity index (χ1v) is 12.6. The summed E-state index contributed by atoms with van der Waals surface area (Å²) in [6.45, 7) is 3.93. The number of fused-ring (bicyclic) bond motifs is 1. The van der Waals surface area contributed by atoms with E-state index in [1.807, 2.05) is 26.0 Å². The molecular formula is C27H24BrClN4O3. The number of hydrogen-bond donors (Lipinski definition) is 1. The van der Waals surface area contributed by atoms with Crippen molar-refractivity contribution in [2.45, 2.75) is 26.2 Å². The number of nitrogens with zero attached hydrogens (tertiary/aromatic N) is 3. The number of anilines is 1. The van der Waals surface area contributed by atoms with Gasteiger partial charge in [-0.05, 0) is 78.7 Å². The zero-order valence-corrected chi connectivity index (χ0v) is 22.1. The zero-order chi connectivity index (χ0) is 25.7. The van der Waals surface area contributed by atoms with Crippen LogP contribution in [0.2, 0.25) is 5.02 Å². The second-order valence-corrected chi connectivity index (χ2v) is 9.57. The zero-order valence-electron chi connectivity index (χ0n) is 19.7. The Bertz CT molecular complexity index is 1470. The van der Waals surface area contributed by atoms with Crippen LogP contribution in [0.5, 0.6) is 5.75 Å². The van der Waals surface area contributed by atoms with E-state index < -0.39 is 0 Å². The minimum absolute atomic E-state index is 0.0534. The summed E-state index contributed by atoms with van der Waals surface area (Å²) in [5.41, 5.74) is 1.83. The second-order valence-electron chi connectivity index (χ2n) is 8.22. The maximum atomic E-state index is 13.2. The lowest BCUT2D eigenvalue weighted by atomic mass is 10.1. The molecular weight excluding hydrogens is 544 g/mol. The van der Waals surface area contributed by atoms with Crippen molar-refractivity contribution in [3.8, 4) is 5.75 Å². The van der Waals surface area contributed by atoms with Crippen LogP contribution in [0.4, 0.5) is 5.69 Å². The van der Waals surface area contributed by atoms with Crippen LogP contribution in [0.15, 0.2) is 81.1 Å². The molecule has 0 spiro atoms. The first kappa shape index (κ1) is 25.6. The average molecular weight is 568 g/mol. The number of nitrogens with one attached hydrogen (secondary N) is 1. The number of amides is 1. The normalized spacial score (nSPS) is 12.1. The largest absolute Gasteiger partial charge is 0.484 e. The third kappa shape index (κ3) is 6.19. The Kier molecular flexibility index (Phi) is 8.18. The smallest absolute Gasteiger partial charge is 0.282 e. The highest BCUT2D eigenvalue weighted by atomic mass is 79.9. The Morgan fingerprint density at radius 2 is 1.89 bits per heavy atom. The molecule has 1 atom stereocenters. The molecule has 0 aliphatic heterocycles. The summed E-state index contributed by atoms with van der Waals surface area (Å²) in [4.78, 5) is 30.1. The van der Waals surface area contributed by atoms with Gasteiger partial charge >= 0.3 is 0 Å². The van der Waals surface area contributed by atoms with Crippen molar-refractivity contribution in [3.05, 3.63) is 98.0 Å². The molecule has 7 nitrogen and oxygen atoms in total. The summed E-state index contributed by atoms with van der Waals surface area (Å²) in [5, 5.41) is 8.30. The van der Waals surface area contributed by atoms with Gasteiger partial charge in [0, 0.05) is 21.1 Å². The van der Waals surface area contributed by atoms with Crippen molar-refractivity contribution in [1.82, 2.24) is 9.66 Å². The molecule has 4 aromatic rings. The Morgan fingerprint density at radius 3 is 2.58 bits per heavy atom. The highest BCUT2D eigenvalue weighted by Gasteiger charge is 2.15. The van der Waals surface area contributed by atoms with E-state index in [9.17, 15) is 9.59 Å². The molecule has 0 bridgehead atoms. The monoisotopic (exact) mass is 566 g/mol. The number of ether oxygens (including phenoxy) is 1. The van der Waals surface area contributed by atoms with Gasteiger partial charge in [-0.25, -0.2) is 4.98 Å². The predicted molar refractivity (Wildman–Crippen MR) is 147 cm³/mol. The van der Waals surface area contributed by atoms with Crippen molar-refractivity contribution >= 4 is 56.2 Å². The highest BCUT2D eigenvalue weighted by Crippen LogP contribution is 2.21. The third-order valence-electron chi connectivity index (χ3n) is 5.59.